The summed E-state index contributed by atoms with van der Waals surface area (Å²) in [5.74, 6) is 0. The van der Waals surface area contributed by atoms with Gasteiger partial charge >= 0.3 is 0 Å². The van der Waals surface area contributed by atoms with Gasteiger partial charge < -0.3 is 10.6 Å². The van der Waals surface area contributed by atoms with Crippen molar-refractivity contribution in [3.8, 4) is 0 Å². The topological polar surface area (TPSA) is 24.1 Å². The van der Waals surface area contributed by atoms with Crippen molar-refractivity contribution >= 4 is 11.4 Å². The van der Waals surface area contributed by atoms with Gasteiger partial charge in [0.15, 0.2) is 0 Å². The van der Waals surface area contributed by atoms with Crippen LogP contribution in [0.25, 0.3) is 0 Å². The Morgan fingerprint density at radius 1 is 1.27 bits per heavy atom. The lowest BCUT2D eigenvalue weighted by Crippen LogP contribution is -2.25. The van der Waals surface area contributed by atoms with E-state index in [4.69, 9.17) is 0 Å². The molecule has 15 heavy (non-hydrogen) atoms. The Labute approximate surface area is 88.0 Å². The Balaban J connectivity index is 2.82. The first-order valence-electron chi connectivity index (χ1n) is 4.63. The number of anilines is 2. The molecule has 0 aromatic heterocycles. The molecule has 0 saturated carbocycles. The average Bonchev–Trinajstić information content (AvgIpc) is 2.25. The maximum absolute atomic E-state index is 12.5. The summed E-state index contributed by atoms with van der Waals surface area (Å²) in [6.07, 6.45) is -1.26. The normalized spacial score (nSPS) is 12.3. The highest BCUT2D eigenvalue weighted by Crippen LogP contribution is 2.22. The van der Waals surface area contributed by atoms with E-state index in [1.165, 1.54) is 6.08 Å². The first kappa shape index (κ1) is 11.5. The number of rotatable bonds is 5. The molecule has 0 heterocycles. The fourth-order valence-corrected chi connectivity index (χ4v) is 1.23. The summed E-state index contributed by atoms with van der Waals surface area (Å²) < 4.78 is 24.9. The van der Waals surface area contributed by atoms with Gasteiger partial charge in [0.1, 0.15) is 6.04 Å². The molecule has 0 aliphatic rings. The number of halogens is 2. The van der Waals surface area contributed by atoms with Gasteiger partial charge in [-0.15, -0.1) is 6.58 Å². The third-order valence-corrected chi connectivity index (χ3v) is 2.04. The molecule has 0 aliphatic heterocycles. The van der Waals surface area contributed by atoms with E-state index in [9.17, 15) is 8.78 Å². The van der Waals surface area contributed by atoms with E-state index in [2.05, 4.69) is 17.2 Å². The summed E-state index contributed by atoms with van der Waals surface area (Å²) in [6, 6.07) is 6.15. The molecule has 0 fully saturated rings. The monoisotopic (exact) mass is 212 g/mol. The SMILES string of the molecule is C=CC(Nc1ccccc1NC)C(F)F. The summed E-state index contributed by atoms with van der Waals surface area (Å²) in [7, 11) is 1.74. The molecule has 0 amide bonds. The first-order chi connectivity index (χ1) is 7.19. The van der Waals surface area contributed by atoms with Gasteiger partial charge in [-0.05, 0) is 12.1 Å². The number of para-hydroxylation sites is 2. The van der Waals surface area contributed by atoms with Crippen LogP contribution >= 0.6 is 0 Å². The molecule has 1 atom stereocenters. The molecule has 2 nitrogen and oxygen atoms in total. The van der Waals surface area contributed by atoms with Crippen LogP contribution in [0.1, 0.15) is 0 Å². The Bertz CT molecular complexity index is 326. The Hall–Kier alpha value is -1.58. The van der Waals surface area contributed by atoms with Crippen molar-refractivity contribution in [2.75, 3.05) is 17.7 Å². The highest BCUT2D eigenvalue weighted by Gasteiger charge is 2.16. The summed E-state index contributed by atoms with van der Waals surface area (Å²) >= 11 is 0. The molecule has 82 valence electrons. The van der Waals surface area contributed by atoms with Crippen molar-refractivity contribution in [3.63, 3.8) is 0 Å². The van der Waals surface area contributed by atoms with E-state index in [1.54, 1.807) is 19.2 Å². The van der Waals surface area contributed by atoms with Gasteiger partial charge in [0.25, 0.3) is 6.43 Å². The van der Waals surface area contributed by atoms with E-state index in [-0.39, 0.29) is 0 Å². The van der Waals surface area contributed by atoms with Crippen LogP contribution < -0.4 is 10.6 Å². The van der Waals surface area contributed by atoms with E-state index >= 15 is 0 Å². The minimum Gasteiger partial charge on any atom is -0.386 e. The minimum absolute atomic E-state index is 0.644. The Kier molecular flexibility index (Phi) is 4.09. The second-order valence-electron chi connectivity index (χ2n) is 3.04. The zero-order chi connectivity index (χ0) is 11.3. The van der Waals surface area contributed by atoms with Gasteiger partial charge in [-0.25, -0.2) is 8.78 Å². The van der Waals surface area contributed by atoms with Crippen LogP contribution in [-0.4, -0.2) is 19.5 Å². The van der Waals surface area contributed by atoms with Crippen molar-refractivity contribution in [3.05, 3.63) is 36.9 Å². The molecule has 0 saturated heterocycles. The number of alkyl halides is 2. The molecule has 0 spiro atoms. The number of hydrogen-bond acceptors (Lipinski definition) is 2. The molecule has 1 unspecified atom stereocenters. The maximum atomic E-state index is 12.5. The lowest BCUT2D eigenvalue weighted by molar-refractivity contribution is 0.140. The van der Waals surface area contributed by atoms with Crippen LogP contribution in [0.4, 0.5) is 20.2 Å². The van der Waals surface area contributed by atoms with Gasteiger partial charge in [0.05, 0.1) is 11.4 Å². The van der Waals surface area contributed by atoms with E-state index < -0.39 is 12.5 Å². The third-order valence-electron chi connectivity index (χ3n) is 2.04. The van der Waals surface area contributed by atoms with Crippen LogP contribution in [0.5, 0.6) is 0 Å². The van der Waals surface area contributed by atoms with Crippen molar-refractivity contribution < 1.29 is 8.78 Å². The van der Waals surface area contributed by atoms with E-state index in [0.29, 0.717) is 5.69 Å². The van der Waals surface area contributed by atoms with Gasteiger partial charge in [0, 0.05) is 7.05 Å². The largest absolute Gasteiger partial charge is 0.386 e. The second-order valence-corrected chi connectivity index (χ2v) is 3.04. The average molecular weight is 212 g/mol. The van der Waals surface area contributed by atoms with Crippen LogP contribution in [0, 0.1) is 0 Å². The van der Waals surface area contributed by atoms with Gasteiger partial charge in [0.2, 0.25) is 0 Å². The Morgan fingerprint density at radius 2 is 1.87 bits per heavy atom. The van der Waals surface area contributed by atoms with E-state index in [0.717, 1.165) is 5.69 Å². The fourth-order valence-electron chi connectivity index (χ4n) is 1.23. The fraction of sp³-hybridized carbons (Fsp3) is 0.273. The lowest BCUT2D eigenvalue weighted by Gasteiger charge is -2.17. The number of nitrogens with one attached hydrogen (secondary N) is 2. The van der Waals surface area contributed by atoms with Crippen molar-refractivity contribution in [1.82, 2.24) is 0 Å². The predicted octanol–water partition coefficient (Wildman–Crippen LogP) is 2.96. The summed E-state index contributed by atoms with van der Waals surface area (Å²) in [5, 5.41) is 5.64. The minimum atomic E-state index is -2.47. The molecule has 0 radical (unpaired) electrons. The summed E-state index contributed by atoms with van der Waals surface area (Å²) in [4.78, 5) is 0. The molecule has 0 aliphatic carbocycles. The van der Waals surface area contributed by atoms with Crippen molar-refractivity contribution in [2.24, 2.45) is 0 Å². The smallest absolute Gasteiger partial charge is 0.261 e. The zero-order valence-corrected chi connectivity index (χ0v) is 8.50. The lowest BCUT2D eigenvalue weighted by atomic mass is 10.2. The predicted molar refractivity (Wildman–Crippen MR) is 59.6 cm³/mol. The highest BCUT2D eigenvalue weighted by molar-refractivity contribution is 5.68. The molecule has 4 heteroatoms. The summed E-state index contributed by atoms with van der Waals surface area (Å²) in [6.45, 7) is 3.37. The van der Waals surface area contributed by atoms with Gasteiger partial charge in [-0.2, -0.15) is 0 Å². The van der Waals surface area contributed by atoms with Gasteiger partial charge in [-0.3, -0.25) is 0 Å². The molecule has 1 aromatic carbocycles. The number of benzene rings is 1. The van der Waals surface area contributed by atoms with Crippen LogP contribution in [-0.2, 0) is 0 Å². The first-order valence-corrected chi connectivity index (χ1v) is 4.63. The zero-order valence-electron chi connectivity index (χ0n) is 8.50. The molecule has 1 rings (SSSR count). The van der Waals surface area contributed by atoms with Crippen molar-refractivity contribution in [1.29, 1.82) is 0 Å². The Morgan fingerprint density at radius 3 is 2.33 bits per heavy atom. The molecule has 0 bridgehead atoms. The molecular formula is C11H14F2N2. The van der Waals surface area contributed by atoms with Crippen LogP contribution in [0.15, 0.2) is 36.9 Å². The maximum Gasteiger partial charge on any atom is 0.261 e. The third kappa shape index (κ3) is 2.94. The molecular weight excluding hydrogens is 198 g/mol. The highest BCUT2D eigenvalue weighted by atomic mass is 19.3. The standard InChI is InChI=1S/C11H14F2N2/c1-3-8(11(12)13)15-10-7-5-4-6-9(10)14-2/h3-8,11,14-15H,1H2,2H3. The van der Waals surface area contributed by atoms with Gasteiger partial charge in [-0.1, -0.05) is 18.2 Å². The van der Waals surface area contributed by atoms with Crippen molar-refractivity contribution in [2.45, 2.75) is 12.5 Å². The van der Waals surface area contributed by atoms with Crippen LogP contribution in [0.3, 0.4) is 0 Å². The molecule has 1 aromatic rings. The van der Waals surface area contributed by atoms with Crippen LogP contribution in [0.2, 0.25) is 0 Å². The second kappa shape index (κ2) is 5.34. The quantitative estimate of drug-likeness (QED) is 0.733. The summed E-state index contributed by atoms with van der Waals surface area (Å²) in [5.41, 5.74) is 1.43. The van der Waals surface area contributed by atoms with E-state index in [1.807, 2.05) is 12.1 Å². The molecule has 2 N–H and O–H groups in total. The number of hydrogen-bond donors (Lipinski definition) is 2.